The maximum Gasteiger partial charge on any atom is 0.285 e. The lowest BCUT2D eigenvalue weighted by Gasteiger charge is -2.18. The molecule has 0 aromatic carbocycles. The Balaban J connectivity index is 2.78. The van der Waals surface area contributed by atoms with Gasteiger partial charge in [0.15, 0.2) is 0 Å². The van der Waals surface area contributed by atoms with Crippen LogP contribution in [0.1, 0.15) is 0 Å². The molecule has 3 heteroatoms. The second-order valence-corrected chi connectivity index (χ2v) is 1.94. The predicted octanol–water partition coefficient (Wildman–Crippen LogP) is 1.08. The normalized spacial score (nSPS) is 30.8. The van der Waals surface area contributed by atoms with Crippen LogP contribution in [0.2, 0.25) is 0 Å². The van der Waals surface area contributed by atoms with E-state index in [0.717, 1.165) is 6.08 Å². The lowest BCUT2D eigenvalue weighted by Crippen LogP contribution is -2.38. The van der Waals surface area contributed by atoms with Crippen molar-refractivity contribution in [2.24, 2.45) is 5.73 Å². The van der Waals surface area contributed by atoms with Crippen molar-refractivity contribution in [1.82, 2.24) is 0 Å². The van der Waals surface area contributed by atoms with Gasteiger partial charge in [0.05, 0.1) is 6.04 Å². The first-order valence-corrected chi connectivity index (χ1v) is 2.62. The molecule has 0 saturated carbocycles. The standard InChI is InChI=1S/C6H7F2N/c7-6(8)4-2-1-3-5(6)9/h1-5H,9H2. The Morgan fingerprint density at radius 2 is 2.00 bits per heavy atom. The fourth-order valence-electron chi connectivity index (χ4n) is 0.607. The molecule has 0 amide bonds. The van der Waals surface area contributed by atoms with Gasteiger partial charge >= 0.3 is 0 Å². The molecule has 0 radical (unpaired) electrons. The average molecular weight is 131 g/mol. The number of hydrogen-bond donors (Lipinski definition) is 1. The summed E-state index contributed by atoms with van der Waals surface area (Å²) >= 11 is 0. The van der Waals surface area contributed by atoms with Gasteiger partial charge in [0.2, 0.25) is 0 Å². The second kappa shape index (κ2) is 1.92. The first kappa shape index (κ1) is 6.42. The average Bonchev–Trinajstić information content (AvgIpc) is 1.77. The molecule has 0 aliphatic heterocycles. The summed E-state index contributed by atoms with van der Waals surface area (Å²) in [4.78, 5) is 0. The highest BCUT2D eigenvalue weighted by molar-refractivity contribution is 5.20. The summed E-state index contributed by atoms with van der Waals surface area (Å²) in [5, 5.41) is 0. The van der Waals surface area contributed by atoms with Gasteiger partial charge in [-0.15, -0.1) is 0 Å². The number of halogens is 2. The minimum absolute atomic E-state index is 0.803. The van der Waals surface area contributed by atoms with Gasteiger partial charge in [-0.25, -0.2) is 0 Å². The first-order valence-electron chi connectivity index (χ1n) is 2.62. The maximum absolute atomic E-state index is 12.3. The van der Waals surface area contributed by atoms with Crippen LogP contribution in [0.5, 0.6) is 0 Å². The molecule has 50 valence electrons. The van der Waals surface area contributed by atoms with Gasteiger partial charge < -0.3 is 5.73 Å². The third-order valence-corrected chi connectivity index (χ3v) is 1.19. The molecule has 1 unspecified atom stereocenters. The summed E-state index contributed by atoms with van der Waals surface area (Å²) in [6, 6.07) is -1.15. The number of hydrogen-bond acceptors (Lipinski definition) is 1. The number of allylic oxidation sites excluding steroid dienone is 2. The van der Waals surface area contributed by atoms with Crippen LogP contribution >= 0.6 is 0 Å². The molecule has 0 heterocycles. The van der Waals surface area contributed by atoms with Crippen LogP contribution in [0.25, 0.3) is 0 Å². The highest BCUT2D eigenvalue weighted by atomic mass is 19.3. The van der Waals surface area contributed by atoms with Crippen molar-refractivity contribution < 1.29 is 8.78 Å². The van der Waals surface area contributed by atoms with Gasteiger partial charge in [0.1, 0.15) is 0 Å². The molecule has 1 rings (SSSR count). The fourth-order valence-corrected chi connectivity index (χ4v) is 0.607. The first-order chi connectivity index (χ1) is 4.13. The molecule has 1 aliphatic carbocycles. The Bertz CT molecular complexity index is 160. The summed E-state index contributed by atoms with van der Waals surface area (Å²) in [6.07, 6.45) is 4.89. The lowest BCUT2D eigenvalue weighted by molar-refractivity contribution is 0.0404. The van der Waals surface area contributed by atoms with E-state index in [4.69, 9.17) is 5.73 Å². The second-order valence-electron chi connectivity index (χ2n) is 1.94. The molecule has 2 N–H and O–H groups in total. The van der Waals surface area contributed by atoms with Gasteiger partial charge in [-0.05, 0) is 6.08 Å². The van der Waals surface area contributed by atoms with E-state index < -0.39 is 12.0 Å². The number of nitrogens with two attached hydrogens (primary N) is 1. The van der Waals surface area contributed by atoms with Crippen molar-refractivity contribution in [2.75, 3.05) is 0 Å². The molecule has 0 bridgehead atoms. The molecule has 9 heavy (non-hydrogen) atoms. The van der Waals surface area contributed by atoms with Gasteiger partial charge in [0.25, 0.3) is 5.92 Å². The largest absolute Gasteiger partial charge is 0.319 e. The quantitative estimate of drug-likeness (QED) is 0.523. The van der Waals surface area contributed by atoms with Gasteiger partial charge in [-0.2, -0.15) is 8.78 Å². The molecule has 0 fully saturated rings. The molecular formula is C6H7F2N. The molecule has 1 nitrogen and oxygen atoms in total. The zero-order valence-electron chi connectivity index (χ0n) is 4.72. The molecular weight excluding hydrogens is 124 g/mol. The number of rotatable bonds is 0. The van der Waals surface area contributed by atoms with E-state index in [1.54, 1.807) is 0 Å². The van der Waals surface area contributed by atoms with E-state index >= 15 is 0 Å². The Labute approximate surface area is 51.8 Å². The highest BCUT2D eigenvalue weighted by Crippen LogP contribution is 2.22. The van der Waals surface area contributed by atoms with Crippen LogP contribution in [-0.2, 0) is 0 Å². The van der Waals surface area contributed by atoms with Crippen LogP contribution in [0.15, 0.2) is 24.3 Å². The van der Waals surface area contributed by atoms with E-state index in [1.165, 1.54) is 18.2 Å². The van der Waals surface area contributed by atoms with Crippen molar-refractivity contribution in [3.05, 3.63) is 24.3 Å². The minimum Gasteiger partial charge on any atom is -0.319 e. The molecule has 0 spiro atoms. The van der Waals surface area contributed by atoms with E-state index in [1.807, 2.05) is 0 Å². The molecule has 0 aromatic rings. The zero-order chi connectivity index (χ0) is 6.91. The Morgan fingerprint density at radius 3 is 2.33 bits per heavy atom. The Kier molecular flexibility index (Phi) is 1.37. The molecule has 0 aromatic heterocycles. The maximum atomic E-state index is 12.3. The van der Waals surface area contributed by atoms with E-state index in [2.05, 4.69) is 0 Å². The monoisotopic (exact) mass is 131 g/mol. The van der Waals surface area contributed by atoms with E-state index in [0.29, 0.717) is 0 Å². The minimum atomic E-state index is -2.85. The smallest absolute Gasteiger partial charge is 0.285 e. The topological polar surface area (TPSA) is 26.0 Å². The van der Waals surface area contributed by atoms with Crippen molar-refractivity contribution in [1.29, 1.82) is 0 Å². The lowest BCUT2D eigenvalue weighted by atomic mass is 10.1. The molecule has 1 aliphatic rings. The summed E-state index contributed by atoms with van der Waals surface area (Å²) < 4.78 is 24.7. The fraction of sp³-hybridized carbons (Fsp3) is 0.333. The van der Waals surface area contributed by atoms with Crippen LogP contribution in [-0.4, -0.2) is 12.0 Å². The van der Waals surface area contributed by atoms with Gasteiger partial charge in [-0.1, -0.05) is 18.2 Å². The third kappa shape index (κ3) is 1.16. The predicted molar refractivity (Wildman–Crippen MR) is 31.2 cm³/mol. The van der Waals surface area contributed by atoms with Crippen LogP contribution < -0.4 is 5.73 Å². The molecule has 1 atom stereocenters. The van der Waals surface area contributed by atoms with E-state index in [9.17, 15) is 8.78 Å². The molecule has 0 saturated heterocycles. The van der Waals surface area contributed by atoms with E-state index in [-0.39, 0.29) is 0 Å². The van der Waals surface area contributed by atoms with Crippen molar-refractivity contribution in [2.45, 2.75) is 12.0 Å². The van der Waals surface area contributed by atoms with Gasteiger partial charge in [0, 0.05) is 0 Å². The highest BCUT2D eigenvalue weighted by Gasteiger charge is 2.32. The van der Waals surface area contributed by atoms with Gasteiger partial charge in [-0.3, -0.25) is 0 Å². The summed E-state index contributed by atoms with van der Waals surface area (Å²) in [5.41, 5.74) is 5.02. The van der Waals surface area contributed by atoms with Crippen molar-refractivity contribution in [3.63, 3.8) is 0 Å². The summed E-state index contributed by atoms with van der Waals surface area (Å²) in [7, 11) is 0. The summed E-state index contributed by atoms with van der Waals surface area (Å²) in [5.74, 6) is -2.85. The third-order valence-electron chi connectivity index (χ3n) is 1.19. The Morgan fingerprint density at radius 1 is 1.33 bits per heavy atom. The van der Waals surface area contributed by atoms with Crippen LogP contribution in [0, 0.1) is 0 Å². The summed E-state index contributed by atoms with van der Waals surface area (Å²) in [6.45, 7) is 0. The van der Waals surface area contributed by atoms with Crippen molar-refractivity contribution in [3.8, 4) is 0 Å². The Hall–Kier alpha value is -0.700. The van der Waals surface area contributed by atoms with Crippen LogP contribution in [0.3, 0.4) is 0 Å². The van der Waals surface area contributed by atoms with Crippen LogP contribution in [0.4, 0.5) is 8.78 Å². The number of alkyl halides is 2. The SMILES string of the molecule is NC1C=CC=CC1(F)F. The van der Waals surface area contributed by atoms with Crippen molar-refractivity contribution >= 4 is 0 Å². The zero-order valence-corrected chi connectivity index (χ0v) is 4.72.